The van der Waals surface area contributed by atoms with Crippen LogP contribution in [0.15, 0.2) is 0 Å². The Balaban J connectivity index is 1.63. The monoisotopic (exact) mass is 229 g/mol. The van der Waals surface area contributed by atoms with Gasteiger partial charge in [-0.3, -0.25) is 0 Å². The maximum Gasteiger partial charge on any atom is 0.0543 e. The number of aliphatic hydroxyl groups excluding tert-OH is 1. The van der Waals surface area contributed by atoms with Gasteiger partial charge in [-0.25, -0.2) is 0 Å². The Morgan fingerprint density at radius 1 is 1.13 bits per heavy atom. The van der Waals surface area contributed by atoms with Crippen molar-refractivity contribution in [2.75, 3.05) is 18.1 Å². The van der Waals surface area contributed by atoms with E-state index in [4.69, 9.17) is 0 Å². The minimum absolute atomic E-state index is 0.0209. The van der Waals surface area contributed by atoms with E-state index < -0.39 is 0 Å². The third-order valence-corrected chi connectivity index (χ3v) is 4.72. The molecule has 0 aromatic rings. The molecule has 2 unspecified atom stereocenters. The van der Waals surface area contributed by atoms with Crippen LogP contribution in [0, 0.1) is 5.92 Å². The molecule has 0 bridgehead atoms. The first-order valence-electron chi connectivity index (χ1n) is 6.34. The molecule has 1 aliphatic heterocycles. The first-order chi connectivity index (χ1) is 7.34. The molecular formula is C12H23NOS. The van der Waals surface area contributed by atoms with E-state index in [1.807, 2.05) is 0 Å². The second-order valence-corrected chi connectivity index (χ2v) is 6.21. The van der Waals surface area contributed by atoms with Crippen LogP contribution in [0.4, 0.5) is 0 Å². The van der Waals surface area contributed by atoms with Crippen LogP contribution in [0.1, 0.15) is 38.5 Å². The third kappa shape index (κ3) is 3.97. The van der Waals surface area contributed by atoms with Crippen LogP contribution in [0.25, 0.3) is 0 Å². The zero-order chi connectivity index (χ0) is 10.5. The Hall–Kier alpha value is 0.270. The predicted molar refractivity (Wildman–Crippen MR) is 66.3 cm³/mol. The highest BCUT2D eigenvalue weighted by atomic mass is 32.2. The summed E-state index contributed by atoms with van der Waals surface area (Å²) >= 11 is 2.08. The second kappa shape index (κ2) is 6.12. The van der Waals surface area contributed by atoms with Gasteiger partial charge in [-0.05, 0) is 56.1 Å². The molecule has 2 rings (SSSR count). The minimum Gasteiger partial charge on any atom is -0.393 e. The van der Waals surface area contributed by atoms with Gasteiger partial charge in [0.05, 0.1) is 6.10 Å². The molecule has 15 heavy (non-hydrogen) atoms. The zero-order valence-corrected chi connectivity index (χ0v) is 10.3. The lowest BCUT2D eigenvalue weighted by Gasteiger charge is -2.29. The third-order valence-electron chi connectivity index (χ3n) is 3.67. The van der Waals surface area contributed by atoms with Gasteiger partial charge in [0, 0.05) is 6.04 Å². The number of hydrogen-bond acceptors (Lipinski definition) is 3. The predicted octanol–water partition coefficient (Wildman–Crippen LogP) is 2.02. The maximum atomic E-state index is 9.59. The van der Waals surface area contributed by atoms with E-state index >= 15 is 0 Å². The van der Waals surface area contributed by atoms with Crippen LogP contribution in [-0.2, 0) is 0 Å². The van der Waals surface area contributed by atoms with Crippen LogP contribution in [-0.4, -0.2) is 35.3 Å². The quantitative estimate of drug-likeness (QED) is 0.776. The summed E-state index contributed by atoms with van der Waals surface area (Å²) in [5, 5.41) is 13.3. The lowest BCUT2D eigenvalue weighted by Crippen LogP contribution is -2.37. The lowest BCUT2D eigenvalue weighted by atomic mass is 9.87. The van der Waals surface area contributed by atoms with E-state index in [9.17, 15) is 5.11 Å². The van der Waals surface area contributed by atoms with Gasteiger partial charge < -0.3 is 10.4 Å². The Morgan fingerprint density at radius 2 is 1.93 bits per heavy atom. The first kappa shape index (κ1) is 11.7. The Kier molecular flexibility index (Phi) is 4.79. The summed E-state index contributed by atoms with van der Waals surface area (Å²) in [5.74, 6) is 3.37. The SMILES string of the molecule is OC1CCCC(CNC2CCSCC2)C1. The van der Waals surface area contributed by atoms with Crippen molar-refractivity contribution in [1.29, 1.82) is 0 Å². The smallest absolute Gasteiger partial charge is 0.0543 e. The molecule has 2 aliphatic rings. The Labute approximate surface area is 97.2 Å². The van der Waals surface area contributed by atoms with Gasteiger partial charge in [-0.15, -0.1) is 0 Å². The summed E-state index contributed by atoms with van der Waals surface area (Å²) < 4.78 is 0. The van der Waals surface area contributed by atoms with E-state index in [-0.39, 0.29) is 6.10 Å². The summed E-state index contributed by atoms with van der Waals surface area (Å²) in [5.41, 5.74) is 0. The van der Waals surface area contributed by atoms with E-state index in [0.29, 0.717) is 0 Å². The second-order valence-electron chi connectivity index (χ2n) is 4.98. The van der Waals surface area contributed by atoms with E-state index in [0.717, 1.165) is 31.3 Å². The molecule has 2 nitrogen and oxygen atoms in total. The van der Waals surface area contributed by atoms with Crippen molar-refractivity contribution in [1.82, 2.24) is 5.32 Å². The molecular weight excluding hydrogens is 206 g/mol. The van der Waals surface area contributed by atoms with Gasteiger partial charge in [-0.1, -0.05) is 6.42 Å². The van der Waals surface area contributed by atoms with Crippen molar-refractivity contribution in [2.24, 2.45) is 5.92 Å². The van der Waals surface area contributed by atoms with Gasteiger partial charge in [0.1, 0.15) is 0 Å². The fourth-order valence-corrected chi connectivity index (χ4v) is 3.79. The van der Waals surface area contributed by atoms with Crippen molar-refractivity contribution >= 4 is 11.8 Å². The molecule has 3 heteroatoms. The summed E-state index contributed by atoms with van der Waals surface area (Å²) in [7, 11) is 0. The highest BCUT2D eigenvalue weighted by molar-refractivity contribution is 7.99. The molecule has 1 aliphatic carbocycles. The molecule has 2 fully saturated rings. The molecule has 88 valence electrons. The minimum atomic E-state index is -0.0209. The molecule has 1 saturated heterocycles. The van der Waals surface area contributed by atoms with Gasteiger partial charge in [0.25, 0.3) is 0 Å². The standard InChI is InChI=1S/C12H23NOS/c14-12-3-1-2-10(8-12)9-13-11-4-6-15-7-5-11/h10-14H,1-9H2. The van der Waals surface area contributed by atoms with Crippen LogP contribution >= 0.6 is 11.8 Å². The van der Waals surface area contributed by atoms with E-state index in [2.05, 4.69) is 17.1 Å². The summed E-state index contributed by atoms with van der Waals surface area (Å²) in [6.45, 7) is 1.13. The molecule has 0 aromatic heterocycles. The van der Waals surface area contributed by atoms with Crippen LogP contribution in [0.2, 0.25) is 0 Å². The molecule has 1 saturated carbocycles. The average Bonchev–Trinajstić information content (AvgIpc) is 2.28. The molecule has 0 spiro atoms. The Bertz CT molecular complexity index is 182. The average molecular weight is 229 g/mol. The molecule has 1 heterocycles. The number of aliphatic hydroxyl groups is 1. The summed E-state index contributed by atoms with van der Waals surface area (Å²) in [6, 6.07) is 0.755. The highest BCUT2D eigenvalue weighted by Gasteiger charge is 2.21. The van der Waals surface area contributed by atoms with Crippen LogP contribution in [0.5, 0.6) is 0 Å². The van der Waals surface area contributed by atoms with Crippen molar-refractivity contribution < 1.29 is 5.11 Å². The van der Waals surface area contributed by atoms with Gasteiger partial charge in [0.2, 0.25) is 0 Å². The fourth-order valence-electron chi connectivity index (χ4n) is 2.68. The highest BCUT2D eigenvalue weighted by Crippen LogP contribution is 2.24. The zero-order valence-electron chi connectivity index (χ0n) is 9.45. The molecule has 2 N–H and O–H groups in total. The van der Waals surface area contributed by atoms with Crippen molar-refractivity contribution in [3.8, 4) is 0 Å². The van der Waals surface area contributed by atoms with Crippen molar-refractivity contribution in [3.63, 3.8) is 0 Å². The normalized spacial score (nSPS) is 34.2. The number of rotatable bonds is 3. The van der Waals surface area contributed by atoms with Crippen LogP contribution < -0.4 is 5.32 Å². The molecule has 0 amide bonds. The van der Waals surface area contributed by atoms with Crippen LogP contribution in [0.3, 0.4) is 0 Å². The number of nitrogens with one attached hydrogen (secondary N) is 1. The molecule has 0 aromatic carbocycles. The molecule has 2 atom stereocenters. The number of thioether (sulfide) groups is 1. The molecule has 0 radical (unpaired) electrons. The van der Waals surface area contributed by atoms with Gasteiger partial charge >= 0.3 is 0 Å². The van der Waals surface area contributed by atoms with Crippen molar-refractivity contribution in [3.05, 3.63) is 0 Å². The van der Waals surface area contributed by atoms with E-state index in [1.54, 1.807) is 0 Å². The lowest BCUT2D eigenvalue weighted by molar-refractivity contribution is 0.0995. The number of hydrogen-bond donors (Lipinski definition) is 2. The Morgan fingerprint density at radius 3 is 2.67 bits per heavy atom. The first-order valence-corrected chi connectivity index (χ1v) is 7.49. The van der Waals surface area contributed by atoms with E-state index in [1.165, 1.54) is 37.2 Å². The topological polar surface area (TPSA) is 32.3 Å². The van der Waals surface area contributed by atoms with Gasteiger partial charge in [0.15, 0.2) is 0 Å². The largest absolute Gasteiger partial charge is 0.393 e. The summed E-state index contributed by atoms with van der Waals surface area (Å²) in [6.07, 6.45) is 7.22. The summed E-state index contributed by atoms with van der Waals surface area (Å²) in [4.78, 5) is 0. The van der Waals surface area contributed by atoms with Crippen molar-refractivity contribution in [2.45, 2.75) is 50.7 Å². The maximum absolute atomic E-state index is 9.59. The fraction of sp³-hybridized carbons (Fsp3) is 1.00. The van der Waals surface area contributed by atoms with Gasteiger partial charge in [-0.2, -0.15) is 11.8 Å².